The highest BCUT2D eigenvalue weighted by Crippen LogP contribution is 2.23. The van der Waals surface area contributed by atoms with E-state index in [-0.39, 0.29) is 18.4 Å². The molecule has 7 heteroatoms. The number of nitrogens with one attached hydrogen (secondary N) is 1. The molecule has 0 atom stereocenters. The Morgan fingerprint density at radius 3 is 2.79 bits per heavy atom. The number of fused-ring (bicyclic) bond motifs is 1. The summed E-state index contributed by atoms with van der Waals surface area (Å²) in [4.78, 5) is 30.0. The second-order valence-corrected chi connectivity index (χ2v) is 6.73. The highest BCUT2D eigenvalue weighted by atomic mass is 16.5. The Kier molecular flexibility index (Phi) is 5.23. The Labute approximate surface area is 162 Å². The molecule has 144 valence electrons. The number of rotatable bonds is 7. The van der Waals surface area contributed by atoms with Crippen LogP contribution in [0.5, 0.6) is 5.75 Å². The molecule has 0 unspecified atom stereocenters. The minimum Gasteiger partial charge on any atom is -0.484 e. The number of aromatic nitrogens is 2. The van der Waals surface area contributed by atoms with Gasteiger partial charge >= 0.3 is 0 Å². The van der Waals surface area contributed by atoms with E-state index in [2.05, 4.69) is 10.3 Å². The van der Waals surface area contributed by atoms with Crippen molar-refractivity contribution in [3.05, 3.63) is 60.6 Å². The van der Waals surface area contributed by atoms with Crippen LogP contribution in [0, 0.1) is 0 Å². The Morgan fingerprint density at radius 2 is 2.04 bits per heavy atom. The molecule has 1 aliphatic rings. The maximum atomic E-state index is 12.0. The molecule has 2 amide bonds. The number of pyridine rings is 1. The van der Waals surface area contributed by atoms with Gasteiger partial charge in [-0.25, -0.2) is 4.98 Å². The van der Waals surface area contributed by atoms with Gasteiger partial charge in [0, 0.05) is 44.0 Å². The lowest BCUT2D eigenvalue weighted by Gasteiger charge is -2.16. The number of hydrogen-bond acceptors (Lipinski definition) is 4. The van der Waals surface area contributed by atoms with Crippen LogP contribution in [0.2, 0.25) is 0 Å². The molecule has 0 bridgehead atoms. The first kappa shape index (κ1) is 18.0. The van der Waals surface area contributed by atoms with Crippen LogP contribution in [0.1, 0.15) is 18.5 Å². The maximum absolute atomic E-state index is 12.0. The summed E-state index contributed by atoms with van der Waals surface area (Å²) in [6, 6.07) is 13.1. The highest BCUT2D eigenvalue weighted by Gasteiger charge is 2.21. The molecule has 3 heterocycles. The van der Waals surface area contributed by atoms with Gasteiger partial charge in [-0.3, -0.25) is 9.59 Å². The topological polar surface area (TPSA) is 75.9 Å². The summed E-state index contributed by atoms with van der Waals surface area (Å²) < 4.78 is 7.49. The molecule has 0 spiro atoms. The zero-order valence-corrected chi connectivity index (χ0v) is 15.5. The van der Waals surface area contributed by atoms with Crippen LogP contribution in [0.4, 0.5) is 5.69 Å². The first-order chi connectivity index (χ1) is 13.7. The van der Waals surface area contributed by atoms with Gasteiger partial charge in [0.25, 0.3) is 5.91 Å². The van der Waals surface area contributed by atoms with E-state index in [1.54, 1.807) is 17.0 Å². The minimum atomic E-state index is -0.178. The predicted octanol–water partition coefficient (Wildman–Crippen LogP) is 2.20. The van der Waals surface area contributed by atoms with Crippen LogP contribution >= 0.6 is 0 Å². The molecule has 0 saturated carbocycles. The predicted molar refractivity (Wildman–Crippen MR) is 105 cm³/mol. The Morgan fingerprint density at radius 1 is 1.18 bits per heavy atom. The number of carbonyl (C=O) groups excluding carboxylic acids is 2. The van der Waals surface area contributed by atoms with Crippen molar-refractivity contribution < 1.29 is 14.3 Å². The van der Waals surface area contributed by atoms with Crippen molar-refractivity contribution in [1.29, 1.82) is 0 Å². The van der Waals surface area contributed by atoms with Gasteiger partial charge in [0.15, 0.2) is 6.61 Å². The van der Waals surface area contributed by atoms with Crippen molar-refractivity contribution in [2.75, 3.05) is 24.6 Å². The van der Waals surface area contributed by atoms with Gasteiger partial charge in [0.1, 0.15) is 11.4 Å². The van der Waals surface area contributed by atoms with Crippen molar-refractivity contribution in [3.8, 4) is 5.75 Å². The van der Waals surface area contributed by atoms with Crippen molar-refractivity contribution in [2.24, 2.45) is 0 Å². The number of anilines is 1. The normalized spacial score (nSPS) is 13.9. The van der Waals surface area contributed by atoms with E-state index < -0.39 is 0 Å². The largest absolute Gasteiger partial charge is 0.484 e. The quantitative estimate of drug-likeness (QED) is 0.684. The van der Waals surface area contributed by atoms with Crippen molar-refractivity contribution >= 4 is 23.1 Å². The number of ether oxygens (including phenoxy) is 1. The fraction of sp³-hybridized carbons (Fsp3) is 0.286. The molecular formula is C21H22N4O3. The number of benzene rings is 1. The van der Waals surface area contributed by atoms with Crippen LogP contribution in [0.3, 0.4) is 0 Å². The third-order valence-corrected chi connectivity index (χ3v) is 4.71. The molecule has 1 saturated heterocycles. The van der Waals surface area contributed by atoms with Crippen molar-refractivity contribution in [1.82, 2.24) is 14.7 Å². The van der Waals surface area contributed by atoms with Crippen LogP contribution < -0.4 is 15.0 Å². The van der Waals surface area contributed by atoms with E-state index in [1.807, 2.05) is 47.1 Å². The van der Waals surface area contributed by atoms with E-state index in [4.69, 9.17) is 4.74 Å². The molecule has 0 radical (unpaired) electrons. The summed E-state index contributed by atoms with van der Waals surface area (Å²) in [5.74, 6) is 0.576. The summed E-state index contributed by atoms with van der Waals surface area (Å²) >= 11 is 0. The lowest BCUT2D eigenvalue weighted by Crippen LogP contribution is -2.30. The molecule has 1 aromatic carbocycles. The number of hydrogen-bond donors (Lipinski definition) is 1. The summed E-state index contributed by atoms with van der Waals surface area (Å²) in [7, 11) is 0. The van der Waals surface area contributed by atoms with Gasteiger partial charge in [-0.2, -0.15) is 0 Å². The van der Waals surface area contributed by atoms with Gasteiger partial charge in [-0.1, -0.05) is 6.07 Å². The van der Waals surface area contributed by atoms with Crippen LogP contribution in [-0.4, -0.2) is 40.9 Å². The summed E-state index contributed by atoms with van der Waals surface area (Å²) in [5.41, 5.74) is 2.69. The zero-order chi connectivity index (χ0) is 19.3. The summed E-state index contributed by atoms with van der Waals surface area (Å²) in [5, 5.41) is 2.84. The molecule has 1 aliphatic heterocycles. The first-order valence-electron chi connectivity index (χ1n) is 9.41. The second kappa shape index (κ2) is 8.12. The SMILES string of the molecule is O=C(COc1ccc(N2CCCC2=O)cc1)NCCc1cn2ccccc2n1. The lowest BCUT2D eigenvalue weighted by molar-refractivity contribution is -0.123. The van der Waals surface area contributed by atoms with Crippen molar-refractivity contribution in [3.63, 3.8) is 0 Å². The van der Waals surface area contributed by atoms with E-state index in [0.29, 0.717) is 25.1 Å². The average Bonchev–Trinajstić information content (AvgIpc) is 3.32. The standard InChI is InChI=1S/C21H22N4O3/c26-20(22-11-10-16-14-24-12-2-1-4-19(24)23-16)15-28-18-8-6-17(7-9-18)25-13-3-5-21(25)27/h1-2,4,6-9,12,14H,3,5,10-11,13,15H2,(H,22,26). The Balaban J connectivity index is 1.21. The summed E-state index contributed by atoms with van der Waals surface area (Å²) in [6.45, 7) is 1.21. The third-order valence-electron chi connectivity index (χ3n) is 4.71. The van der Waals surface area contributed by atoms with Crippen LogP contribution in [0.15, 0.2) is 54.9 Å². The highest BCUT2D eigenvalue weighted by molar-refractivity contribution is 5.95. The van der Waals surface area contributed by atoms with Gasteiger partial charge in [-0.05, 0) is 42.8 Å². The fourth-order valence-corrected chi connectivity index (χ4v) is 3.28. The number of nitrogens with zero attached hydrogens (tertiary/aromatic N) is 3. The average molecular weight is 378 g/mol. The zero-order valence-electron chi connectivity index (χ0n) is 15.5. The smallest absolute Gasteiger partial charge is 0.257 e. The van der Waals surface area contributed by atoms with E-state index >= 15 is 0 Å². The van der Waals surface area contributed by atoms with E-state index in [1.165, 1.54) is 0 Å². The molecule has 1 N–H and O–H groups in total. The Hall–Kier alpha value is -3.35. The first-order valence-corrected chi connectivity index (χ1v) is 9.41. The van der Waals surface area contributed by atoms with E-state index in [0.717, 1.165) is 30.0 Å². The van der Waals surface area contributed by atoms with Crippen molar-refractivity contribution in [2.45, 2.75) is 19.3 Å². The monoisotopic (exact) mass is 378 g/mol. The Bertz CT molecular complexity index is 948. The number of amides is 2. The molecular weight excluding hydrogens is 356 g/mol. The third kappa shape index (κ3) is 4.14. The van der Waals surface area contributed by atoms with Crippen LogP contribution in [0.25, 0.3) is 5.65 Å². The van der Waals surface area contributed by atoms with Gasteiger partial charge in [-0.15, -0.1) is 0 Å². The van der Waals surface area contributed by atoms with Gasteiger partial charge in [0.2, 0.25) is 5.91 Å². The molecule has 3 aromatic rings. The van der Waals surface area contributed by atoms with Gasteiger partial charge < -0.3 is 19.4 Å². The van der Waals surface area contributed by atoms with E-state index in [9.17, 15) is 9.59 Å². The lowest BCUT2D eigenvalue weighted by atomic mass is 10.3. The van der Waals surface area contributed by atoms with Crippen LogP contribution in [-0.2, 0) is 16.0 Å². The number of carbonyl (C=O) groups is 2. The molecule has 2 aromatic heterocycles. The molecule has 7 nitrogen and oxygen atoms in total. The molecule has 1 fully saturated rings. The minimum absolute atomic E-state index is 0.0485. The van der Waals surface area contributed by atoms with Gasteiger partial charge in [0.05, 0.1) is 5.69 Å². The summed E-state index contributed by atoms with van der Waals surface area (Å²) in [6.07, 6.45) is 6.07. The fourth-order valence-electron chi connectivity index (χ4n) is 3.28. The molecule has 28 heavy (non-hydrogen) atoms. The maximum Gasteiger partial charge on any atom is 0.257 e. The second-order valence-electron chi connectivity index (χ2n) is 6.73. The number of imidazole rings is 1. The molecule has 0 aliphatic carbocycles. The molecule has 4 rings (SSSR count).